The van der Waals surface area contributed by atoms with Crippen LogP contribution >= 0.6 is 0 Å². The Hall–Kier alpha value is -3.02. The highest BCUT2D eigenvalue weighted by atomic mass is 16.6. The van der Waals surface area contributed by atoms with Crippen LogP contribution in [0.3, 0.4) is 0 Å². The molecule has 0 amide bonds. The van der Waals surface area contributed by atoms with Gasteiger partial charge < -0.3 is 4.74 Å². The third-order valence-electron chi connectivity index (χ3n) is 3.06. The molecule has 0 radical (unpaired) electrons. The number of hydrogen-bond acceptors (Lipinski definition) is 5. The van der Waals surface area contributed by atoms with Crippen LogP contribution in [0.15, 0.2) is 48.5 Å². The number of nitro groups is 1. The molecule has 0 saturated carbocycles. The number of carbonyl (C=O) groups excluding carboxylic acids is 2. The van der Waals surface area contributed by atoms with Crippen molar-refractivity contribution in [2.24, 2.45) is 0 Å². The van der Waals surface area contributed by atoms with Gasteiger partial charge in [-0.25, -0.2) is 4.79 Å². The fraction of sp³-hybridized carbons (Fsp3) is 0.125. The summed E-state index contributed by atoms with van der Waals surface area (Å²) in [5.41, 5.74) is 0.907. The Morgan fingerprint density at radius 3 is 2.36 bits per heavy atom. The van der Waals surface area contributed by atoms with Crippen LogP contribution in [-0.4, -0.2) is 23.3 Å². The van der Waals surface area contributed by atoms with Crippen molar-refractivity contribution in [3.05, 3.63) is 75.3 Å². The molecule has 2 aromatic rings. The number of nitro benzene ring substituents is 1. The molecule has 0 heterocycles. The van der Waals surface area contributed by atoms with E-state index in [2.05, 4.69) is 0 Å². The van der Waals surface area contributed by atoms with Crippen LogP contribution in [0.2, 0.25) is 0 Å². The standard InChI is InChI=1S/C16H13NO5/c1-11-9-13(7-8-14(11)17(20)21)16(19)22-10-15(18)12-5-3-2-4-6-12/h2-9H,10H2,1H3. The molecular weight excluding hydrogens is 286 g/mol. The third kappa shape index (κ3) is 3.54. The molecule has 0 bridgehead atoms. The molecule has 2 aromatic carbocycles. The van der Waals surface area contributed by atoms with E-state index in [9.17, 15) is 19.7 Å². The van der Waals surface area contributed by atoms with Crippen molar-refractivity contribution in [1.82, 2.24) is 0 Å². The van der Waals surface area contributed by atoms with Gasteiger partial charge in [0.05, 0.1) is 10.5 Å². The number of rotatable bonds is 5. The summed E-state index contributed by atoms with van der Waals surface area (Å²) in [5, 5.41) is 10.7. The highest BCUT2D eigenvalue weighted by molar-refractivity contribution is 5.99. The van der Waals surface area contributed by atoms with Crippen molar-refractivity contribution >= 4 is 17.4 Å². The lowest BCUT2D eigenvalue weighted by molar-refractivity contribution is -0.385. The molecule has 0 saturated heterocycles. The molecule has 0 aliphatic rings. The van der Waals surface area contributed by atoms with Crippen LogP contribution in [0.25, 0.3) is 0 Å². The highest BCUT2D eigenvalue weighted by Gasteiger charge is 2.16. The topological polar surface area (TPSA) is 86.5 Å². The number of carbonyl (C=O) groups is 2. The van der Waals surface area contributed by atoms with Crippen molar-refractivity contribution in [3.63, 3.8) is 0 Å². The molecular formula is C16H13NO5. The lowest BCUT2D eigenvalue weighted by Gasteiger charge is -2.05. The van der Waals surface area contributed by atoms with Gasteiger partial charge in [0.25, 0.3) is 5.69 Å². The predicted molar refractivity (Wildman–Crippen MR) is 78.9 cm³/mol. The Balaban J connectivity index is 2.02. The van der Waals surface area contributed by atoms with Crippen LogP contribution in [0.5, 0.6) is 0 Å². The van der Waals surface area contributed by atoms with Crippen LogP contribution in [0.1, 0.15) is 26.3 Å². The van der Waals surface area contributed by atoms with E-state index >= 15 is 0 Å². The van der Waals surface area contributed by atoms with Crippen molar-refractivity contribution in [2.75, 3.05) is 6.61 Å². The molecule has 0 spiro atoms. The smallest absolute Gasteiger partial charge is 0.338 e. The van der Waals surface area contributed by atoms with Gasteiger partial charge in [0.2, 0.25) is 0 Å². The summed E-state index contributed by atoms with van der Waals surface area (Å²) in [6.07, 6.45) is 0. The van der Waals surface area contributed by atoms with Gasteiger partial charge in [0.15, 0.2) is 12.4 Å². The second-order valence-corrected chi connectivity index (χ2v) is 4.62. The van der Waals surface area contributed by atoms with Crippen molar-refractivity contribution < 1.29 is 19.2 Å². The minimum Gasteiger partial charge on any atom is -0.454 e. The van der Waals surface area contributed by atoms with E-state index in [1.807, 2.05) is 0 Å². The number of ether oxygens (including phenoxy) is 1. The van der Waals surface area contributed by atoms with Crippen molar-refractivity contribution in [2.45, 2.75) is 6.92 Å². The van der Waals surface area contributed by atoms with E-state index in [-0.39, 0.29) is 23.6 Å². The first-order valence-corrected chi connectivity index (χ1v) is 6.49. The Morgan fingerprint density at radius 1 is 1.09 bits per heavy atom. The summed E-state index contributed by atoms with van der Waals surface area (Å²) in [5.74, 6) is -1.00. The SMILES string of the molecule is Cc1cc(C(=O)OCC(=O)c2ccccc2)ccc1[N+](=O)[O-]. The van der Waals surface area contributed by atoms with Gasteiger partial charge in [-0.05, 0) is 19.1 Å². The quantitative estimate of drug-likeness (QED) is 0.366. The second kappa shape index (κ2) is 6.62. The number of benzene rings is 2. The molecule has 6 heteroatoms. The number of Topliss-reactive ketones (excluding diaryl/α,β-unsaturated/α-hetero) is 1. The number of aryl methyl sites for hydroxylation is 1. The fourth-order valence-electron chi connectivity index (χ4n) is 1.91. The summed E-state index contributed by atoms with van der Waals surface area (Å²) in [4.78, 5) is 33.9. The molecule has 0 unspecified atom stereocenters. The Labute approximate surface area is 126 Å². The van der Waals surface area contributed by atoms with Gasteiger partial charge >= 0.3 is 5.97 Å². The zero-order valence-corrected chi connectivity index (χ0v) is 11.8. The maximum absolute atomic E-state index is 11.9. The number of nitrogens with zero attached hydrogens (tertiary/aromatic N) is 1. The van der Waals surface area contributed by atoms with Gasteiger partial charge in [-0.2, -0.15) is 0 Å². The minimum absolute atomic E-state index is 0.0723. The maximum Gasteiger partial charge on any atom is 0.338 e. The van der Waals surface area contributed by atoms with E-state index < -0.39 is 10.9 Å². The van der Waals surface area contributed by atoms with Gasteiger partial charge in [0, 0.05) is 17.2 Å². The summed E-state index contributed by atoms with van der Waals surface area (Å²) < 4.78 is 4.94. The van der Waals surface area contributed by atoms with Crippen LogP contribution in [0.4, 0.5) is 5.69 Å². The number of esters is 1. The number of hydrogen-bond donors (Lipinski definition) is 0. The molecule has 22 heavy (non-hydrogen) atoms. The van der Waals surface area contributed by atoms with Gasteiger partial charge in [-0.3, -0.25) is 14.9 Å². The molecule has 0 N–H and O–H groups in total. The predicted octanol–water partition coefficient (Wildman–Crippen LogP) is 2.94. The molecule has 0 aliphatic heterocycles. The van der Waals surface area contributed by atoms with E-state index in [0.717, 1.165) is 0 Å². The molecule has 112 valence electrons. The van der Waals surface area contributed by atoms with E-state index in [0.29, 0.717) is 11.1 Å². The van der Waals surface area contributed by atoms with Gasteiger partial charge in [0.1, 0.15) is 0 Å². The van der Waals surface area contributed by atoms with Gasteiger partial charge in [-0.1, -0.05) is 30.3 Å². The lowest BCUT2D eigenvalue weighted by atomic mass is 10.1. The molecule has 0 aromatic heterocycles. The zero-order valence-electron chi connectivity index (χ0n) is 11.8. The summed E-state index contributed by atoms with van der Waals surface area (Å²) in [6, 6.07) is 12.4. The monoisotopic (exact) mass is 299 g/mol. The lowest BCUT2D eigenvalue weighted by Crippen LogP contribution is -2.14. The summed E-state index contributed by atoms with van der Waals surface area (Å²) >= 11 is 0. The molecule has 2 rings (SSSR count). The normalized spacial score (nSPS) is 10.0. The molecule has 0 fully saturated rings. The zero-order chi connectivity index (χ0) is 16.1. The first-order chi connectivity index (χ1) is 10.5. The Morgan fingerprint density at radius 2 is 1.77 bits per heavy atom. The highest BCUT2D eigenvalue weighted by Crippen LogP contribution is 2.19. The summed E-state index contributed by atoms with van der Waals surface area (Å²) in [6.45, 7) is 1.16. The van der Waals surface area contributed by atoms with Crippen LogP contribution in [-0.2, 0) is 4.74 Å². The van der Waals surface area contributed by atoms with E-state index in [1.54, 1.807) is 30.3 Å². The average Bonchev–Trinajstić information content (AvgIpc) is 2.52. The third-order valence-corrected chi connectivity index (χ3v) is 3.06. The maximum atomic E-state index is 11.9. The largest absolute Gasteiger partial charge is 0.454 e. The molecule has 0 atom stereocenters. The van der Waals surface area contributed by atoms with Crippen molar-refractivity contribution in [3.8, 4) is 0 Å². The van der Waals surface area contributed by atoms with E-state index in [4.69, 9.17) is 4.74 Å². The minimum atomic E-state index is -0.692. The first-order valence-electron chi connectivity index (χ1n) is 6.49. The van der Waals surface area contributed by atoms with Crippen molar-refractivity contribution in [1.29, 1.82) is 0 Å². The Bertz CT molecular complexity index is 725. The fourth-order valence-corrected chi connectivity index (χ4v) is 1.91. The van der Waals surface area contributed by atoms with Crippen LogP contribution in [0, 0.1) is 17.0 Å². The summed E-state index contributed by atoms with van der Waals surface area (Å²) in [7, 11) is 0. The first kappa shape index (κ1) is 15.4. The van der Waals surface area contributed by atoms with E-state index in [1.165, 1.54) is 25.1 Å². The van der Waals surface area contributed by atoms with Crippen LogP contribution < -0.4 is 0 Å². The molecule has 0 aliphatic carbocycles. The average molecular weight is 299 g/mol. The molecule has 6 nitrogen and oxygen atoms in total. The Kier molecular flexibility index (Phi) is 4.63. The second-order valence-electron chi connectivity index (χ2n) is 4.62. The van der Waals surface area contributed by atoms with Gasteiger partial charge in [-0.15, -0.1) is 0 Å². The number of ketones is 1.